The highest BCUT2D eigenvalue weighted by atomic mass is 35.5. The lowest BCUT2D eigenvalue weighted by Gasteiger charge is -2.37. The van der Waals surface area contributed by atoms with Crippen LogP contribution in [0.25, 0.3) is 0 Å². The third kappa shape index (κ3) is 4.10. The molecule has 26 heavy (non-hydrogen) atoms. The summed E-state index contributed by atoms with van der Waals surface area (Å²) < 4.78 is 2.17. The van der Waals surface area contributed by atoms with Crippen LogP contribution in [0, 0.1) is 0 Å². The van der Waals surface area contributed by atoms with Crippen LogP contribution in [0.5, 0.6) is 0 Å². The zero-order valence-corrected chi connectivity index (χ0v) is 15.9. The van der Waals surface area contributed by atoms with Gasteiger partial charge in [0.05, 0.1) is 6.04 Å². The highest BCUT2D eigenvalue weighted by Gasteiger charge is 2.32. The largest absolute Gasteiger partial charge is 0.354 e. The van der Waals surface area contributed by atoms with E-state index in [1.165, 1.54) is 0 Å². The minimum atomic E-state index is -0.182. The van der Waals surface area contributed by atoms with Gasteiger partial charge >= 0.3 is 0 Å². The lowest BCUT2D eigenvalue weighted by Crippen LogP contribution is -2.42. The molecule has 2 heterocycles. The van der Waals surface area contributed by atoms with Gasteiger partial charge in [-0.25, -0.2) is 0 Å². The molecule has 1 N–H and O–H groups in total. The molecule has 6 heteroatoms. The van der Waals surface area contributed by atoms with E-state index in [9.17, 15) is 9.59 Å². The third-order valence-electron chi connectivity index (χ3n) is 4.54. The molecule has 1 atom stereocenters. The zero-order valence-electron chi connectivity index (χ0n) is 15.1. The first-order valence-corrected chi connectivity index (χ1v) is 9.33. The second-order valence-electron chi connectivity index (χ2n) is 6.89. The molecule has 2 amide bonds. The maximum atomic E-state index is 12.9. The highest BCUT2D eigenvalue weighted by molar-refractivity contribution is 6.30. The topological polar surface area (TPSA) is 54.3 Å². The molecule has 1 aliphatic rings. The summed E-state index contributed by atoms with van der Waals surface area (Å²) in [5.41, 5.74) is 2.05. The van der Waals surface area contributed by atoms with Crippen LogP contribution in [0.15, 0.2) is 42.6 Å². The molecule has 138 valence electrons. The van der Waals surface area contributed by atoms with Crippen LogP contribution < -0.4 is 5.32 Å². The van der Waals surface area contributed by atoms with Crippen molar-refractivity contribution in [3.05, 3.63) is 58.9 Å². The van der Waals surface area contributed by atoms with Gasteiger partial charge in [-0.15, -0.1) is 0 Å². The SMILES string of the molecule is CC(C)NC(=O)CCC(=O)N1CCn2cccc2C1c1cccc(Cl)c1. The summed E-state index contributed by atoms with van der Waals surface area (Å²) in [4.78, 5) is 26.6. The predicted molar refractivity (Wildman–Crippen MR) is 102 cm³/mol. The second kappa shape index (κ2) is 7.96. The molecule has 3 rings (SSSR count). The molecule has 0 radical (unpaired) electrons. The molecule has 0 saturated carbocycles. The van der Waals surface area contributed by atoms with Crippen LogP contribution in [0.1, 0.15) is 44.0 Å². The quantitative estimate of drug-likeness (QED) is 0.873. The number of fused-ring (bicyclic) bond motifs is 1. The van der Waals surface area contributed by atoms with E-state index in [1.807, 2.05) is 61.3 Å². The molecule has 1 aliphatic heterocycles. The summed E-state index contributed by atoms with van der Waals surface area (Å²) in [7, 11) is 0. The number of nitrogens with zero attached hydrogens (tertiary/aromatic N) is 2. The Kier molecular flexibility index (Phi) is 5.67. The fourth-order valence-corrected chi connectivity index (χ4v) is 3.64. The van der Waals surface area contributed by atoms with Gasteiger partial charge in [0.1, 0.15) is 0 Å². The van der Waals surface area contributed by atoms with Crippen molar-refractivity contribution in [2.24, 2.45) is 0 Å². The lowest BCUT2D eigenvalue weighted by atomic mass is 9.99. The highest BCUT2D eigenvalue weighted by Crippen LogP contribution is 2.34. The molecule has 0 aliphatic carbocycles. The number of carbonyl (C=O) groups excluding carboxylic acids is 2. The molecule has 1 aromatic heterocycles. The summed E-state index contributed by atoms with van der Waals surface area (Å²) in [5.74, 6) is -0.102. The summed E-state index contributed by atoms with van der Waals surface area (Å²) >= 11 is 6.18. The average molecular weight is 374 g/mol. The Morgan fingerprint density at radius 2 is 2.00 bits per heavy atom. The Morgan fingerprint density at radius 3 is 2.73 bits per heavy atom. The molecule has 1 unspecified atom stereocenters. The maximum Gasteiger partial charge on any atom is 0.223 e. The Balaban J connectivity index is 1.81. The van der Waals surface area contributed by atoms with Crippen molar-refractivity contribution in [1.29, 1.82) is 0 Å². The van der Waals surface area contributed by atoms with Crippen molar-refractivity contribution in [2.75, 3.05) is 6.54 Å². The molecule has 5 nitrogen and oxygen atoms in total. The van der Waals surface area contributed by atoms with Crippen molar-refractivity contribution in [3.8, 4) is 0 Å². The van der Waals surface area contributed by atoms with E-state index in [0.29, 0.717) is 11.6 Å². The lowest BCUT2D eigenvalue weighted by molar-refractivity contribution is -0.136. The van der Waals surface area contributed by atoms with Crippen molar-refractivity contribution in [1.82, 2.24) is 14.8 Å². The molecular weight excluding hydrogens is 350 g/mol. The van der Waals surface area contributed by atoms with Crippen molar-refractivity contribution in [3.63, 3.8) is 0 Å². The van der Waals surface area contributed by atoms with E-state index in [1.54, 1.807) is 0 Å². The van der Waals surface area contributed by atoms with Gasteiger partial charge in [0.2, 0.25) is 11.8 Å². The van der Waals surface area contributed by atoms with E-state index in [-0.39, 0.29) is 36.7 Å². The second-order valence-corrected chi connectivity index (χ2v) is 7.33. The van der Waals surface area contributed by atoms with Gasteiger partial charge in [-0.3, -0.25) is 9.59 Å². The third-order valence-corrected chi connectivity index (χ3v) is 4.77. The standard InChI is InChI=1S/C20H24ClN3O2/c1-14(2)22-18(25)8-9-19(26)24-12-11-23-10-4-7-17(23)20(24)15-5-3-6-16(21)13-15/h3-7,10,13-14,20H,8-9,11-12H2,1-2H3,(H,22,25). The Bertz CT molecular complexity index is 800. The predicted octanol–water partition coefficient (Wildman–Crippen LogP) is 3.38. The fourth-order valence-electron chi connectivity index (χ4n) is 3.44. The van der Waals surface area contributed by atoms with Crippen molar-refractivity contribution < 1.29 is 9.59 Å². The number of halogens is 1. The summed E-state index contributed by atoms with van der Waals surface area (Å²) in [6.45, 7) is 5.19. The van der Waals surface area contributed by atoms with Crippen LogP contribution in [0.4, 0.5) is 0 Å². The normalized spacial score (nSPS) is 16.5. The van der Waals surface area contributed by atoms with E-state index >= 15 is 0 Å². The molecule has 0 saturated heterocycles. The molecular formula is C20H24ClN3O2. The summed E-state index contributed by atoms with van der Waals surface area (Å²) in [6, 6.07) is 11.6. The molecule has 1 aromatic carbocycles. The van der Waals surface area contributed by atoms with E-state index in [0.717, 1.165) is 17.8 Å². The van der Waals surface area contributed by atoms with E-state index < -0.39 is 0 Å². The van der Waals surface area contributed by atoms with Crippen molar-refractivity contribution in [2.45, 2.75) is 45.3 Å². The molecule has 0 spiro atoms. The van der Waals surface area contributed by atoms with Gasteiger partial charge in [0.25, 0.3) is 0 Å². The van der Waals surface area contributed by atoms with Gasteiger partial charge in [-0.05, 0) is 43.7 Å². The number of aromatic nitrogens is 1. The Labute approximate surface area is 158 Å². The van der Waals surface area contributed by atoms with Crippen LogP contribution >= 0.6 is 11.6 Å². The molecule has 2 aromatic rings. The van der Waals surface area contributed by atoms with Gasteiger partial charge in [0.15, 0.2) is 0 Å². The first kappa shape index (κ1) is 18.5. The van der Waals surface area contributed by atoms with Crippen LogP contribution in [0.3, 0.4) is 0 Å². The molecule has 0 bridgehead atoms. The maximum absolute atomic E-state index is 12.9. The van der Waals surface area contributed by atoms with Crippen LogP contribution in [-0.4, -0.2) is 33.9 Å². The number of hydrogen-bond acceptors (Lipinski definition) is 2. The molecule has 0 fully saturated rings. The monoisotopic (exact) mass is 373 g/mol. The first-order chi connectivity index (χ1) is 12.5. The van der Waals surface area contributed by atoms with Crippen molar-refractivity contribution >= 4 is 23.4 Å². The van der Waals surface area contributed by atoms with E-state index in [4.69, 9.17) is 11.6 Å². The first-order valence-electron chi connectivity index (χ1n) is 8.95. The van der Waals surface area contributed by atoms with Crippen LogP contribution in [-0.2, 0) is 16.1 Å². The number of benzene rings is 1. The zero-order chi connectivity index (χ0) is 18.7. The number of carbonyl (C=O) groups is 2. The Hall–Kier alpha value is -2.27. The van der Waals surface area contributed by atoms with Gasteiger partial charge < -0.3 is 14.8 Å². The number of amides is 2. The van der Waals surface area contributed by atoms with Gasteiger partial charge in [-0.1, -0.05) is 23.7 Å². The smallest absolute Gasteiger partial charge is 0.223 e. The van der Waals surface area contributed by atoms with Gasteiger partial charge in [-0.2, -0.15) is 0 Å². The van der Waals surface area contributed by atoms with Crippen LogP contribution in [0.2, 0.25) is 5.02 Å². The summed E-state index contributed by atoms with van der Waals surface area (Å²) in [6.07, 6.45) is 2.44. The minimum Gasteiger partial charge on any atom is -0.354 e. The number of rotatable bonds is 5. The Morgan fingerprint density at radius 1 is 1.19 bits per heavy atom. The fraction of sp³-hybridized carbons (Fsp3) is 0.400. The number of nitrogens with one attached hydrogen (secondary N) is 1. The minimum absolute atomic E-state index is 0.0127. The van der Waals surface area contributed by atoms with Gasteiger partial charge in [0, 0.05) is 48.9 Å². The summed E-state index contributed by atoms with van der Waals surface area (Å²) in [5, 5.41) is 3.48. The number of hydrogen-bond donors (Lipinski definition) is 1. The average Bonchev–Trinajstić information content (AvgIpc) is 3.06. The van der Waals surface area contributed by atoms with E-state index in [2.05, 4.69) is 9.88 Å².